The number of benzene rings is 2. The van der Waals surface area contributed by atoms with Crippen molar-refractivity contribution in [2.75, 3.05) is 26.2 Å². The summed E-state index contributed by atoms with van der Waals surface area (Å²) in [7, 11) is 0. The maximum atomic E-state index is 14.7. The minimum atomic E-state index is -1.00. The van der Waals surface area contributed by atoms with Gasteiger partial charge in [-0.25, -0.2) is 8.78 Å². The molecule has 0 radical (unpaired) electrons. The van der Waals surface area contributed by atoms with Gasteiger partial charge < -0.3 is 10.0 Å². The van der Waals surface area contributed by atoms with Gasteiger partial charge in [0.2, 0.25) is 5.91 Å². The molecule has 2 aliphatic heterocycles. The van der Waals surface area contributed by atoms with Gasteiger partial charge in [-0.2, -0.15) is 0 Å². The molecule has 5 rings (SSSR count). The molecule has 1 N–H and O–H groups in total. The number of aliphatic hydroxyl groups is 1. The second-order valence-corrected chi connectivity index (χ2v) is 10.3. The van der Waals surface area contributed by atoms with E-state index in [0.29, 0.717) is 37.8 Å². The standard InChI is InChI=1S/C27H32F2N2O2.ClH/c1-17-13-31(14-18(2)27(17,33)19-6-4-3-5-7-19)26(32)24-16-30(21-9-10-21)15-23(24)22-11-8-20(28)12-25(22)29;/h3-8,11-12,17-18,21,23-24,33H,9-10,13-16H2,1-2H3;1H/t17-,18+,23-,24+,27?;/m0./s1. The molecular weight excluding hydrogens is 458 g/mol. The fourth-order valence-corrected chi connectivity index (χ4v) is 6.13. The molecule has 1 unspecified atom stereocenters. The Hall–Kier alpha value is -2.02. The molecule has 4 nitrogen and oxygen atoms in total. The number of halogens is 3. The number of amides is 1. The van der Waals surface area contributed by atoms with Gasteiger partial charge in [-0.1, -0.05) is 50.2 Å². The highest BCUT2D eigenvalue weighted by Gasteiger charge is 2.50. The van der Waals surface area contributed by atoms with Crippen molar-refractivity contribution in [3.8, 4) is 0 Å². The van der Waals surface area contributed by atoms with Crippen LogP contribution in [0, 0.1) is 29.4 Å². The van der Waals surface area contributed by atoms with Gasteiger partial charge in [0.15, 0.2) is 0 Å². The average Bonchev–Trinajstić information content (AvgIpc) is 3.56. The van der Waals surface area contributed by atoms with E-state index in [2.05, 4.69) is 4.90 Å². The number of carbonyl (C=O) groups is 1. The minimum absolute atomic E-state index is 0. The fourth-order valence-electron chi connectivity index (χ4n) is 6.13. The number of nitrogens with zero attached hydrogens (tertiary/aromatic N) is 2. The summed E-state index contributed by atoms with van der Waals surface area (Å²) >= 11 is 0. The zero-order chi connectivity index (χ0) is 23.3. The van der Waals surface area contributed by atoms with Gasteiger partial charge in [0.25, 0.3) is 0 Å². The van der Waals surface area contributed by atoms with Crippen LogP contribution >= 0.6 is 12.4 Å². The van der Waals surface area contributed by atoms with Gasteiger partial charge in [0.05, 0.1) is 11.5 Å². The third-order valence-electron chi connectivity index (χ3n) is 8.13. The first-order chi connectivity index (χ1) is 15.8. The largest absolute Gasteiger partial charge is 0.384 e. The van der Waals surface area contributed by atoms with Crippen LogP contribution < -0.4 is 0 Å². The van der Waals surface area contributed by atoms with Gasteiger partial charge in [-0.3, -0.25) is 9.69 Å². The van der Waals surface area contributed by atoms with Crippen molar-refractivity contribution in [3.63, 3.8) is 0 Å². The van der Waals surface area contributed by atoms with E-state index in [1.165, 1.54) is 12.1 Å². The number of likely N-dealkylation sites (tertiary alicyclic amines) is 2. The van der Waals surface area contributed by atoms with Crippen LogP contribution in [-0.2, 0) is 10.4 Å². The Bertz CT molecular complexity index is 1020. The van der Waals surface area contributed by atoms with Crippen LogP contribution in [-0.4, -0.2) is 53.0 Å². The molecule has 5 atom stereocenters. The van der Waals surface area contributed by atoms with Crippen LogP contribution in [0.5, 0.6) is 0 Å². The van der Waals surface area contributed by atoms with Crippen LogP contribution in [0.15, 0.2) is 48.5 Å². The lowest BCUT2D eigenvalue weighted by Gasteiger charge is -2.48. The van der Waals surface area contributed by atoms with Gasteiger partial charge in [0.1, 0.15) is 11.6 Å². The van der Waals surface area contributed by atoms with E-state index in [4.69, 9.17) is 0 Å². The summed E-state index contributed by atoms with van der Waals surface area (Å²) in [6, 6.07) is 13.9. The van der Waals surface area contributed by atoms with Crippen LogP contribution in [0.3, 0.4) is 0 Å². The monoisotopic (exact) mass is 490 g/mol. The van der Waals surface area contributed by atoms with Crippen molar-refractivity contribution in [2.24, 2.45) is 17.8 Å². The van der Waals surface area contributed by atoms with Crippen LogP contribution in [0.1, 0.15) is 43.7 Å². The number of hydrogen-bond donors (Lipinski definition) is 1. The van der Waals surface area contributed by atoms with Crippen molar-refractivity contribution < 1.29 is 18.7 Å². The minimum Gasteiger partial charge on any atom is -0.384 e. The summed E-state index contributed by atoms with van der Waals surface area (Å²) in [5.41, 5.74) is 0.303. The zero-order valence-corrected chi connectivity index (χ0v) is 20.5. The van der Waals surface area contributed by atoms with Crippen LogP contribution in [0.4, 0.5) is 8.78 Å². The molecule has 0 aromatic heterocycles. The smallest absolute Gasteiger partial charge is 0.227 e. The zero-order valence-electron chi connectivity index (χ0n) is 19.7. The third kappa shape index (κ3) is 4.36. The van der Waals surface area contributed by atoms with E-state index < -0.39 is 17.2 Å². The summed E-state index contributed by atoms with van der Waals surface area (Å²) in [5, 5.41) is 11.6. The molecule has 7 heteroatoms. The van der Waals surface area contributed by atoms with Gasteiger partial charge in [-0.15, -0.1) is 12.4 Å². The van der Waals surface area contributed by atoms with Gasteiger partial charge >= 0.3 is 0 Å². The second kappa shape index (κ2) is 9.56. The van der Waals surface area contributed by atoms with E-state index in [-0.39, 0.29) is 42.0 Å². The van der Waals surface area contributed by atoms with E-state index in [0.717, 1.165) is 24.5 Å². The Morgan fingerprint density at radius 3 is 2.21 bits per heavy atom. The third-order valence-corrected chi connectivity index (χ3v) is 8.13. The maximum Gasteiger partial charge on any atom is 0.227 e. The maximum absolute atomic E-state index is 14.7. The normalized spacial score (nSPS) is 31.9. The number of hydrogen-bond acceptors (Lipinski definition) is 3. The Morgan fingerprint density at radius 1 is 0.971 bits per heavy atom. The molecule has 2 aromatic carbocycles. The number of rotatable bonds is 4. The molecule has 1 aliphatic carbocycles. The predicted octanol–water partition coefficient (Wildman–Crippen LogP) is 4.57. The fraction of sp³-hybridized carbons (Fsp3) is 0.519. The highest BCUT2D eigenvalue weighted by molar-refractivity contribution is 5.85. The Kier molecular flexibility index (Phi) is 7.05. The number of piperidine rings is 1. The molecule has 1 saturated carbocycles. The molecule has 3 aliphatic rings. The van der Waals surface area contributed by atoms with Crippen LogP contribution in [0.25, 0.3) is 0 Å². The predicted molar refractivity (Wildman–Crippen MR) is 130 cm³/mol. The highest BCUT2D eigenvalue weighted by Crippen LogP contribution is 2.44. The number of carbonyl (C=O) groups excluding carboxylic acids is 1. The van der Waals surface area contributed by atoms with Crippen molar-refractivity contribution in [1.29, 1.82) is 0 Å². The summed E-state index contributed by atoms with van der Waals surface area (Å²) in [6.07, 6.45) is 2.23. The van der Waals surface area contributed by atoms with Gasteiger partial charge in [-0.05, 0) is 30.0 Å². The molecule has 2 heterocycles. The summed E-state index contributed by atoms with van der Waals surface area (Å²) in [6.45, 7) is 6.11. The van der Waals surface area contributed by atoms with E-state index >= 15 is 0 Å². The molecular formula is C27H33ClF2N2O2. The van der Waals surface area contributed by atoms with Crippen molar-refractivity contribution in [1.82, 2.24) is 9.80 Å². The van der Waals surface area contributed by atoms with Crippen molar-refractivity contribution >= 4 is 18.3 Å². The first kappa shape index (κ1) is 25.1. The highest BCUT2D eigenvalue weighted by atomic mass is 35.5. The lowest BCUT2D eigenvalue weighted by atomic mass is 9.70. The summed E-state index contributed by atoms with van der Waals surface area (Å²) in [4.78, 5) is 18.0. The Morgan fingerprint density at radius 2 is 1.62 bits per heavy atom. The van der Waals surface area contributed by atoms with E-state index in [9.17, 15) is 18.7 Å². The quantitative estimate of drug-likeness (QED) is 0.683. The molecule has 0 spiro atoms. The van der Waals surface area contributed by atoms with E-state index in [1.54, 1.807) is 0 Å². The Balaban J connectivity index is 0.00000274. The lowest BCUT2D eigenvalue weighted by Crippen LogP contribution is -2.57. The average molecular weight is 491 g/mol. The second-order valence-electron chi connectivity index (χ2n) is 10.3. The molecule has 1 amide bonds. The molecule has 2 aromatic rings. The summed E-state index contributed by atoms with van der Waals surface area (Å²) < 4.78 is 28.3. The Labute approximate surface area is 206 Å². The SMILES string of the molecule is C[C@@H]1CN(C(=O)[C@@H]2CN(C3CC3)C[C@H]2c2ccc(F)cc2F)C[C@H](C)C1(O)c1ccccc1.Cl. The van der Waals surface area contributed by atoms with E-state index in [1.807, 2.05) is 49.1 Å². The molecule has 184 valence electrons. The summed E-state index contributed by atoms with van der Waals surface area (Å²) in [5.74, 6) is -2.11. The van der Waals surface area contributed by atoms with Crippen molar-refractivity contribution in [3.05, 3.63) is 71.3 Å². The first-order valence-corrected chi connectivity index (χ1v) is 12.0. The first-order valence-electron chi connectivity index (χ1n) is 12.0. The molecule has 2 saturated heterocycles. The van der Waals surface area contributed by atoms with Gasteiger partial charge in [0, 0.05) is 56.0 Å². The molecule has 3 fully saturated rings. The molecule has 34 heavy (non-hydrogen) atoms. The van der Waals surface area contributed by atoms with Crippen LogP contribution in [0.2, 0.25) is 0 Å². The topological polar surface area (TPSA) is 43.8 Å². The lowest BCUT2D eigenvalue weighted by molar-refractivity contribution is -0.152. The van der Waals surface area contributed by atoms with Crippen molar-refractivity contribution in [2.45, 2.75) is 44.2 Å². The molecule has 0 bridgehead atoms.